The number of carbonyl (C=O) groups is 2. The van der Waals surface area contributed by atoms with Crippen molar-refractivity contribution in [3.8, 4) is 0 Å². The van der Waals surface area contributed by atoms with Crippen LogP contribution in [-0.4, -0.2) is 27.0 Å². The Morgan fingerprint density at radius 3 is 2.52 bits per heavy atom. The second-order valence-corrected chi connectivity index (χ2v) is 7.09. The van der Waals surface area contributed by atoms with Gasteiger partial charge in [0.15, 0.2) is 0 Å². The zero-order valence-corrected chi connectivity index (χ0v) is 15.5. The molecule has 7 heteroatoms. The molecular formula is C20H22N4O3. The van der Waals surface area contributed by atoms with E-state index in [1.807, 2.05) is 35.0 Å². The number of ether oxygens (including phenoxy) is 1. The molecule has 2 amide bonds. The normalized spacial score (nSPS) is 11.2. The van der Waals surface area contributed by atoms with Gasteiger partial charge in [-0.1, -0.05) is 6.07 Å². The van der Waals surface area contributed by atoms with Crippen LogP contribution in [-0.2, 0) is 11.3 Å². The van der Waals surface area contributed by atoms with Crippen LogP contribution in [0.1, 0.15) is 36.8 Å². The summed E-state index contributed by atoms with van der Waals surface area (Å²) in [6.45, 7) is 5.72. The molecule has 3 rings (SSSR count). The van der Waals surface area contributed by atoms with Crippen LogP contribution < -0.4 is 10.6 Å². The molecule has 0 radical (unpaired) electrons. The zero-order valence-electron chi connectivity index (χ0n) is 15.5. The molecule has 7 nitrogen and oxygen atoms in total. The van der Waals surface area contributed by atoms with Crippen molar-refractivity contribution in [2.75, 3.05) is 5.32 Å². The Morgan fingerprint density at radius 1 is 1.11 bits per heavy atom. The van der Waals surface area contributed by atoms with Crippen molar-refractivity contribution in [3.05, 3.63) is 66.1 Å². The highest BCUT2D eigenvalue weighted by atomic mass is 16.6. The first-order valence-electron chi connectivity index (χ1n) is 8.61. The highest BCUT2D eigenvalue weighted by molar-refractivity contribution is 5.95. The molecule has 3 aromatic rings. The molecule has 0 spiro atoms. The van der Waals surface area contributed by atoms with Gasteiger partial charge in [-0.05, 0) is 57.2 Å². The summed E-state index contributed by atoms with van der Waals surface area (Å²) in [4.78, 5) is 28.5. The van der Waals surface area contributed by atoms with Crippen molar-refractivity contribution < 1.29 is 14.3 Å². The number of anilines is 1. The Balaban J connectivity index is 1.56. The first-order chi connectivity index (χ1) is 12.8. The van der Waals surface area contributed by atoms with Crippen LogP contribution in [0, 0.1) is 0 Å². The Morgan fingerprint density at radius 2 is 1.85 bits per heavy atom. The van der Waals surface area contributed by atoms with Crippen molar-refractivity contribution >= 4 is 23.3 Å². The van der Waals surface area contributed by atoms with Crippen molar-refractivity contribution in [3.63, 3.8) is 0 Å². The topological polar surface area (TPSA) is 84.7 Å². The summed E-state index contributed by atoms with van der Waals surface area (Å²) in [5, 5.41) is 5.47. The molecule has 1 aromatic carbocycles. The number of imidazole rings is 1. The van der Waals surface area contributed by atoms with Gasteiger partial charge in [0.25, 0.3) is 5.91 Å². The standard InChI is InChI=1S/C20H22N4O3/c1-20(2,3)27-19(26)23-15-9-7-14(8-10-15)18(25)21-12-16-13-24-11-5-4-6-17(24)22-16/h4-11,13H,12H2,1-3H3,(H,21,25)(H,23,26). The Labute approximate surface area is 157 Å². The molecule has 0 bridgehead atoms. The molecule has 0 aliphatic carbocycles. The molecule has 140 valence electrons. The predicted octanol–water partition coefficient (Wildman–Crippen LogP) is 3.61. The fraction of sp³-hybridized carbons (Fsp3) is 0.250. The van der Waals surface area contributed by atoms with E-state index in [9.17, 15) is 9.59 Å². The fourth-order valence-corrected chi connectivity index (χ4v) is 2.47. The lowest BCUT2D eigenvalue weighted by molar-refractivity contribution is 0.0635. The minimum Gasteiger partial charge on any atom is -0.444 e. The first kappa shape index (κ1) is 18.4. The predicted molar refractivity (Wildman–Crippen MR) is 103 cm³/mol. The van der Waals surface area contributed by atoms with E-state index in [0.717, 1.165) is 11.3 Å². The second-order valence-electron chi connectivity index (χ2n) is 7.09. The summed E-state index contributed by atoms with van der Waals surface area (Å²) < 4.78 is 7.09. The summed E-state index contributed by atoms with van der Waals surface area (Å²) in [6, 6.07) is 12.3. The molecule has 0 aliphatic rings. The monoisotopic (exact) mass is 366 g/mol. The average Bonchev–Trinajstić information content (AvgIpc) is 3.01. The van der Waals surface area contributed by atoms with Gasteiger partial charge >= 0.3 is 6.09 Å². The third-order valence-electron chi connectivity index (χ3n) is 3.64. The minimum atomic E-state index is -0.568. The SMILES string of the molecule is CC(C)(C)OC(=O)Nc1ccc(C(=O)NCc2cn3ccccc3n2)cc1. The lowest BCUT2D eigenvalue weighted by atomic mass is 10.2. The molecule has 0 saturated carbocycles. The number of fused-ring (bicyclic) bond motifs is 1. The van der Waals surface area contributed by atoms with Gasteiger partial charge in [-0.2, -0.15) is 0 Å². The van der Waals surface area contributed by atoms with Crippen molar-refractivity contribution in [2.45, 2.75) is 32.9 Å². The van der Waals surface area contributed by atoms with Crippen LogP contribution in [0.25, 0.3) is 5.65 Å². The summed E-state index contributed by atoms with van der Waals surface area (Å²) in [5.74, 6) is -0.212. The first-order valence-corrected chi connectivity index (χ1v) is 8.61. The summed E-state index contributed by atoms with van der Waals surface area (Å²) in [5.41, 5.74) is 2.09. The van der Waals surface area contributed by atoms with Gasteiger partial charge in [0.2, 0.25) is 0 Å². The molecule has 0 unspecified atom stereocenters. The Kier molecular flexibility index (Phi) is 5.12. The molecule has 0 atom stereocenters. The lowest BCUT2D eigenvalue weighted by Crippen LogP contribution is -2.27. The number of nitrogens with zero attached hydrogens (tertiary/aromatic N) is 2. The van der Waals surface area contributed by atoms with Crippen LogP contribution in [0.2, 0.25) is 0 Å². The van der Waals surface area contributed by atoms with E-state index in [1.165, 1.54) is 0 Å². The van der Waals surface area contributed by atoms with Gasteiger partial charge in [0, 0.05) is 23.6 Å². The van der Waals surface area contributed by atoms with Crippen molar-refractivity contribution in [2.24, 2.45) is 0 Å². The van der Waals surface area contributed by atoms with Crippen LogP contribution in [0.4, 0.5) is 10.5 Å². The van der Waals surface area contributed by atoms with Crippen LogP contribution in [0.15, 0.2) is 54.9 Å². The molecule has 0 saturated heterocycles. The number of amides is 2. The summed E-state index contributed by atoms with van der Waals surface area (Å²) in [7, 11) is 0. The number of carbonyl (C=O) groups excluding carboxylic acids is 2. The highest BCUT2D eigenvalue weighted by Gasteiger charge is 2.16. The minimum absolute atomic E-state index is 0.212. The largest absolute Gasteiger partial charge is 0.444 e. The summed E-state index contributed by atoms with van der Waals surface area (Å²) >= 11 is 0. The lowest BCUT2D eigenvalue weighted by Gasteiger charge is -2.19. The van der Waals surface area contributed by atoms with Crippen molar-refractivity contribution in [1.29, 1.82) is 0 Å². The molecule has 0 aliphatic heterocycles. The molecule has 2 aromatic heterocycles. The van der Waals surface area contributed by atoms with Crippen LogP contribution in [0.5, 0.6) is 0 Å². The number of aromatic nitrogens is 2. The van der Waals surface area contributed by atoms with E-state index in [4.69, 9.17) is 4.74 Å². The number of benzene rings is 1. The number of hydrogen-bond donors (Lipinski definition) is 2. The zero-order chi connectivity index (χ0) is 19.4. The number of rotatable bonds is 4. The van der Waals surface area contributed by atoms with Gasteiger partial charge < -0.3 is 14.5 Å². The van der Waals surface area contributed by atoms with Crippen LogP contribution >= 0.6 is 0 Å². The highest BCUT2D eigenvalue weighted by Crippen LogP contribution is 2.13. The Bertz CT molecular complexity index is 922. The van der Waals surface area contributed by atoms with Gasteiger partial charge in [-0.15, -0.1) is 0 Å². The van der Waals surface area contributed by atoms with E-state index in [2.05, 4.69) is 15.6 Å². The molecule has 27 heavy (non-hydrogen) atoms. The third-order valence-corrected chi connectivity index (χ3v) is 3.64. The van der Waals surface area contributed by atoms with Gasteiger partial charge in [0.1, 0.15) is 11.2 Å². The van der Waals surface area contributed by atoms with E-state index in [-0.39, 0.29) is 5.91 Å². The molecule has 2 N–H and O–H groups in total. The fourth-order valence-electron chi connectivity index (χ4n) is 2.47. The van der Waals surface area contributed by atoms with E-state index in [1.54, 1.807) is 45.0 Å². The second kappa shape index (κ2) is 7.49. The smallest absolute Gasteiger partial charge is 0.412 e. The number of pyridine rings is 1. The third kappa shape index (κ3) is 5.07. The maximum Gasteiger partial charge on any atom is 0.412 e. The van der Waals surface area contributed by atoms with Gasteiger partial charge in [-0.3, -0.25) is 10.1 Å². The van der Waals surface area contributed by atoms with Crippen LogP contribution in [0.3, 0.4) is 0 Å². The van der Waals surface area contributed by atoms with Gasteiger partial charge in [0.05, 0.1) is 12.2 Å². The average molecular weight is 366 g/mol. The number of nitrogens with one attached hydrogen (secondary N) is 2. The van der Waals surface area contributed by atoms with E-state index < -0.39 is 11.7 Å². The molecular weight excluding hydrogens is 344 g/mol. The number of hydrogen-bond acceptors (Lipinski definition) is 4. The molecule has 2 heterocycles. The molecule has 0 fully saturated rings. The Hall–Kier alpha value is -3.35. The maximum atomic E-state index is 12.3. The summed E-state index contributed by atoms with van der Waals surface area (Å²) in [6.07, 6.45) is 3.25. The van der Waals surface area contributed by atoms with E-state index >= 15 is 0 Å². The maximum absolute atomic E-state index is 12.3. The van der Waals surface area contributed by atoms with E-state index in [0.29, 0.717) is 17.8 Å². The quantitative estimate of drug-likeness (QED) is 0.739. The van der Waals surface area contributed by atoms with Gasteiger partial charge in [-0.25, -0.2) is 9.78 Å². The van der Waals surface area contributed by atoms with Crippen molar-refractivity contribution in [1.82, 2.24) is 14.7 Å².